The maximum Gasteiger partial charge on any atom is 0.346 e. The lowest BCUT2D eigenvalue weighted by Crippen LogP contribution is -2.24. The molecule has 1 heterocycles. The summed E-state index contributed by atoms with van der Waals surface area (Å²) in [6.07, 6.45) is 0.775. The third-order valence-corrected chi connectivity index (χ3v) is 4.51. The molecule has 0 N–H and O–H groups in total. The first-order chi connectivity index (χ1) is 14.4. The van der Waals surface area contributed by atoms with Gasteiger partial charge in [-0.25, -0.2) is 4.79 Å². The number of hydrogen-bond donors (Lipinski definition) is 0. The van der Waals surface area contributed by atoms with Crippen LogP contribution < -0.4 is 23.7 Å². The Kier molecular flexibility index (Phi) is 6.15. The van der Waals surface area contributed by atoms with E-state index in [4.69, 9.17) is 23.7 Å². The molecule has 2 aromatic rings. The number of ether oxygens (including phenoxy) is 6. The largest absolute Gasteiger partial charge is 0.496 e. The van der Waals surface area contributed by atoms with Gasteiger partial charge in [-0.15, -0.1) is 0 Å². The van der Waals surface area contributed by atoms with Crippen LogP contribution in [0.5, 0.6) is 28.7 Å². The average molecular weight is 414 g/mol. The highest BCUT2D eigenvalue weighted by Crippen LogP contribution is 2.39. The van der Waals surface area contributed by atoms with Crippen LogP contribution in [0, 0.1) is 0 Å². The molecule has 1 atom stereocenters. The number of Topliss-reactive ketones (excluding diaryl/α,β-unsaturated/α-hetero) is 1. The van der Waals surface area contributed by atoms with Crippen LogP contribution in [0.4, 0.5) is 0 Å². The number of rotatable bonds is 7. The molecule has 0 unspecified atom stereocenters. The standard InChI is InChI=1S/C22H22O8/c1-12(22(24)28-5)29-14-6-7-15-17(10-14)30-20(21(15)23)9-13-8-18(26-3)19(27-4)11-16(13)25-2/h6-12H,1-5H3/b20-9-/t12-/m0/s1. The molecule has 158 valence electrons. The zero-order valence-corrected chi connectivity index (χ0v) is 17.3. The van der Waals surface area contributed by atoms with Gasteiger partial charge in [0.05, 0.1) is 34.0 Å². The van der Waals surface area contributed by atoms with Gasteiger partial charge in [0, 0.05) is 17.7 Å². The molecule has 1 aliphatic heterocycles. The van der Waals surface area contributed by atoms with Gasteiger partial charge in [-0.05, 0) is 31.2 Å². The lowest BCUT2D eigenvalue weighted by molar-refractivity contribution is -0.147. The van der Waals surface area contributed by atoms with Crippen molar-refractivity contribution in [3.05, 3.63) is 47.2 Å². The van der Waals surface area contributed by atoms with E-state index in [2.05, 4.69) is 4.74 Å². The molecule has 0 aliphatic carbocycles. The van der Waals surface area contributed by atoms with Crippen molar-refractivity contribution in [2.24, 2.45) is 0 Å². The van der Waals surface area contributed by atoms with Gasteiger partial charge < -0.3 is 28.4 Å². The number of hydrogen-bond acceptors (Lipinski definition) is 8. The topological polar surface area (TPSA) is 89.5 Å². The Balaban J connectivity index is 1.91. The summed E-state index contributed by atoms with van der Waals surface area (Å²) in [5, 5.41) is 0. The van der Waals surface area contributed by atoms with Crippen molar-refractivity contribution in [2.45, 2.75) is 13.0 Å². The molecule has 0 radical (unpaired) electrons. The summed E-state index contributed by atoms with van der Waals surface area (Å²) in [5.41, 5.74) is 0.973. The van der Waals surface area contributed by atoms with Gasteiger partial charge in [0.25, 0.3) is 0 Å². The second-order valence-electron chi connectivity index (χ2n) is 6.33. The van der Waals surface area contributed by atoms with Crippen LogP contribution in [0.2, 0.25) is 0 Å². The highest BCUT2D eigenvalue weighted by molar-refractivity contribution is 6.14. The number of benzene rings is 2. The van der Waals surface area contributed by atoms with Crippen molar-refractivity contribution < 1.29 is 38.0 Å². The third kappa shape index (κ3) is 4.03. The van der Waals surface area contributed by atoms with Gasteiger partial charge in [-0.3, -0.25) is 4.79 Å². The third-order valence-electron chi connectivity index (χ3n) is 4.51. The van der Waals surface area contributed by atoms with Crippen molar-refractivity contribution in [1.82, 2.24) is 0 Å². The Hall–Kier alpha value is -3.68. The Bertz CT molecular complexity index is 1010. The van der Waals surface area contributed by atoms with E-state index >= 15 is 0 Å². The monoisotopic (exact) mass is 414 g/mol. The van der Waals surface area contributed by atoms with Crippen LogP contribution in [0.3, 0.4) is 0 Å². The van der Waals surface area contributed by atoms with Gasteiger partial charge in [0.2, 0.25) is 5.78 Å². The fourth-order valence-electron chi connectivity index (χ4n) is 2.97. The molecule has 0 spiro atoms. The zero-order valence-electron chi connectivity index (χ0n) is 17.3. The fourth-order valence-corrected chi connectivity index (χ4v) is 2.97. The maximum atomic E-state index is 12.8. The summed E-state index contributed by atoms with van der Waals surface area (Å²) >= 11 is 0. The molecule has 0 saturated carbocycles. The van der Waals surface area contributed by atoms with E-state index in [1.807, 2.05) is 0 Å². The molecule has 1 aliphatic rings. The highest BCUT2D eigenvalue weighted by Gasteiger charge is 2.29. The highest BCUT2D eigenvalue weighted by atomic mass is 16.6. The van der Waals surface area contributed by atoms with E-state index in [-0.39, 0.29) is 11.5 Å². The van der Waals surface area contributed by atoms with Gasteiger partial charge in [-0.1, -0.05) is 0 Å². The second kappa shape index (κ2) is 8.77. The predicted molar refractivity (Wildman–Crippen MR) is 108 cm³/mol. The van der Waals surface area contributed by atoms with Crippen LogP contribution in [0.1, 0.15) is 22.8 Å². The number of esters is 1. The van der Waals surface area contributed by atoms with Crippen LogP contribution >= 0.6 is 0 Å². The molecule has 3 rings (SSSR count). The summed E-state index contributed by atoms with van der Waals surface area (Å²) in [5.74, 6) is 1.52. The van der Waals surface area contributed by atoms with Gasteiger partial charge in [0.1, 0.15) is 17.2 Å². The average Bonchev–Trinajstić information content (AvgIpc) is 3.07. The minimum atomic E-state index is -0.795. The molecule has 0 saturated heterocycles. The number of fused-ring (bicyclic) bond motifs is 1. The van der Waals surface area contributed by atoms with Crippen LogP contribution in [-0.2, 0) is 9.53 Å². The van der Waals surface area contributed by atoms with Crippen molar-refractivity contribution in [3.63, 3.8) is 0 Å². The van der Waals surface area contributed by atoms with Crippen LogP contribution in [0.15, 0.2) is 36.1 Å². The van der Waals surface area contributed by atoms with Crippen molar-refractivity contribution in [2.75, 3.05) is 28.4 Å². The van der Waals surface area contributed by atoms with E-state index in [1.165, 1.54) is 28.4 Å². The first kappa shape index (κ1) is 21.0. The SMILES string of the molecule is COC(=O)[C@H](C)Oc1ccc2c(c1)O/C(=C\c1cc(OC)c(OC)cc1OC)C2=O. The Morgan fingerprint density at radius 1 is 0.967 bits per heavy atom. The van der Waals surface area contributed by atoms with E-state index in [0.29, 0.717) is 39.9 Å². The predicted octanol–water partition coefficient (Wildman–Crippen LogP) is 3.27. The molecule has 0 aromatic heterocycles. The van der Waals surface area contributed by atoms with Crippen molar-refractivity contribution in [1.29, 1.82) is 0 Å². The smallest absolute Gasteiger partial charge is 0.346 e. The molecule has 0 amide bonds. The number of carbonyl (C=O) groups excluding carboxylic acids is 2. The molecule has 0 fully saturated rings. The molecule has 8 heteroatoms. The number of ketones is 1. The van der Waals surface area contributed by atoms with E-state index < -0.39 is 12.1 Å². The minimum absolute atomic E-state index is 0.119. The molecule has 30 heavy (non-hydrogen) atoms. The fraction of sp³-hybridized carbons (Fsp3) is 0.273. The summed E-state index contributed by atoms with van der Waals surface area (Å²) in [4.78, 5) is 24.3. The van der Waals surface area contributed by atoms with Crippen LogP contribution in [-0.4, -0.2) is 46.3 Å². The van der Waals surface area contributed by atoms with Crippen LogP contribution in [0.25, 0.3) is 6.08 Å². The Morgan fingerprint density at radius 2 is 1.63 bits per heavy atom. The van der Waals surface area contributed by atoms with E-state index in [1.54, 1.807) is 43.3 Å². The number of carbonyl (C=O) groups is 2. The molecule has 0 bridgehead atoms. The molecule has 2 aromatic carbocycles. The van der Waals surface area contributed by atoms with Gasteiger partial charge in [0.15, 0.2) is 23.4 Å². The molecule has 8 nitrogen and oxygen atoms in total. The first-order valence-corrected chi connectivity index (χ1v) is 9.04. The Labute approximate surface area is 173 Å². The zero-order chi connectivity index (χ0) is 21.8. The summed E-state index contributed by atoms with van der Waals surface area (Å²) in [7, 11) is 5.84. The van der Waals surface area contributed by atoms with E-state index in [0.717, 1.165) is 0 Å². The van der Waals surface area contributed by atoms with Crippen molar-refractivity contribution >= 4 is 17.8 Å². The lowest BCUT2D eigenvalue weighted by atomic mass is 10.1. The quantitative estimate of drug-likeness (QED) is 0.504. The second-order valence-corrected chi connectivity index (χ2v) is 6.33. The van der Waals surface area contributed by atoms with Crippen molar-refractivity contribution in [3.8, 4) is 28.7 Å². The molecular weight excluding hydrogens is 392 g/mol. The van der Waals surface area contributed by atoms with Gasteiger partial charge in [-0.2, -0.15) is 0 Å². The summed E-state index contributed by atoms with van der Waals surface area (Å²) in [6, 6.07) is 8.09. The Morgan fingerprint density at radius 3 is 2.27 bits per heavy atom. The normalized spacial score (nSPS) is 14.6. The minimum Gasteiger partial charge on any atom is -0.496 e. The lowest BCUT2D eigenvalue weighted by Gasteiger charge is -2.13. The summed E-state index contributed by atoms with van der Waals surface area (Å²) < 4.78 is 31.9. The molecular formula is C22H22O8. The maximum absolute atomic E-state index is 12.8. The number of methoxy groups -OCH3 is 4. The summed E-state index contributed by atoms with van der Waals surface area (Å²) in [6.45, 7) is 1.57. The van der Waals surface area contributed by atoms with E-state index in [9.17, 15) is 9.59 Å². The first-order valence-electron chi connectivity index (χ1n) is 9.04. The number of allylic oxidation sites excluding steroid dienone is 1. The van der Waals surface area contributed by atoms with Gasteiger partial charge >= 0.3 is 5.97 Å².